The zero-order valence-corrected chi connectivity index (χ0v) is 12.9. The Morgan fingerprint density at radius 2 is 1.81 bits per heavy atom. The number of para-hydroxylation sites is 1. The molecule has 3 rings (SSSR count). The lowest BCUT2D eigenvalue weighted by atomic mass is 10.1. The maximum atomic E-state index is 12.9. The van der Waals surface area contributed by atoms with Crippen molar-refractivity contribution in [2.75, 3.05) is 23.4 Å². The molecular formula is C17H17ClN2O. The average Bonchev–Trinajstić information content (AvgIpc) is 2.58. The summed E-state index contributed by atoms with van der Waals surface area (Å²) in [6.45, 7) is 2.74. The number of hydrogen-bond acceptors (Lipinski definition) is 2. The molecule has 0 fully saturated rings. The van der Waals surface area contributed by atoms with Crippen LogP contribution in [-0.4, -0.2) is 19.5 Å². The number of amides is 1. The normalized spacial score (nSPS) is 13.8. The fraction of sp³-hybridized carbons (Fsp3) is 0.235. The van der Waals surface area contributed by atoms with Crippen molar-refractivity contribution in [2.45, 2.75) is 13.3 Å². The third-order valence-electron chi connectivity index (χ3n) is 3.78. The SMILES string of the molecule is CCCN1C(=O)c2ccccc2N(C)c2ccc(Cl)cc21. The topological polar surface area (TPSA) is 23.6 Å². The van der Waals surface area contributed by atoms with Gasteiger partial charge in [-0.3, -0.25) is 4.79 Å². The smallest absolute Gasteiger partial charge is 0.260 e. The molecule has 0 aliphatic carbocycles. The van der Waals surface area contributed by atoms with E-state index in [-0.39, 0.29) is 5.91 Å². The van der Waals surface area contributed by atoms with E-state index in [0.717, 1.165) is 29.0 Å². The second kappa shape index (κ2) is 5.41. The number of hydrogen-bond donors (Lipinski definition) is 0. The molecule has 1 heterocycles. The lowest BCUT2D eigenvalue weighted by Gasteiger charge is -2.24. The minimum atomic E-state index is 0.0281. The van der Waals surface area contributed by atoms with Crippen LogP contribution in [0.1, 0.15) is 23.7 Å². The van der Waals surface area contributed by atoms with E-state index in [4.69, 9.17) is 11.6 Å². The highest BCUT2D eigenvalue weighted by Gasteiger charge is 2.28. The Bertz CT molecular complexity index is 699. The summed E-state index contributed by atoms with van der Waals surface area (Å²) in [5, 5.41) is 0.641. The Hall–Kier alpha value is -2.00. The lowest BCUT2D eigenvalue weighted by Crippen LogP contribution is -2.31. The van der Waals surface area contributed by atoms with Gasteiger partial charge in [-0.1, -0.05) is 30.7 Å². The van der Waals surface area contributed by atoms with Gasteiger partial charge in [-0.2, -0.15) is 0 Å². The molecule has 3 nitrogen and oxygen atoms in total. The van der Waals surface area contributed by atoms with Gasteiger partial charge in [0.2, 0.25) is 0 Å². The van der Waals surface area contributed by atoms with Gasteiger partial charge in [-0.05, 0) is 36.8 Å². The highest BCUT2D eigenvalue weighted by Crippen LogP contribution is 2.40. The van der Waals surface area contributed by atoms with E-state index in [1.165, 1.54) is 0 Å². The largest absolute Gasteiger partial charge is 0.342 e. The molecule has 0 saturated heterocycles. The molecule has 2 aromatic carbocycles. The van der Waals surface area contributed by atoms with E-state index >= 15 is 0 Å². The number of nitrogens with zero attached hydrogens (tertiary/aromatic N) is 2. The Kier molecular flexibility index (Phi) is 3.60. The lowest BCUT2D eigenvalue weighted by molar-refractivity contribution is 0.0988. The summed E-state index contributed by atoms with van der Waals surface area (Å²) < 4.78 is 0. The van der Waals surface area contributed by atoms with Gasteiger partial charge in [-0.15, -0.1) is 0 Å². The number of carbonyl (C=O) groups excluding carboxylic acids is 1. The number of carbonyl (C=O) groups is 1. The quantitative estimate of drug-likeness (QED) is 0.816. The molecular weight excluding hydrogens is 284 g/mol. The van der Waals surface area contributed by atoms with Gasteiger partial charge in [0.05, 0.1) is 22.6 Å². The summed E-state index contributed by atoms with van der Waals surface area (Å²) in [7, 11) is 1.98. The molecule has 0 atom stereocenters. The highest BCUT2D eigenvalue weighted by atomic mass is 35.5. The van der Waals surface area contributed by atoms with E-state index in [9.17, 15) is 4.79 Å². The zero-order valence-electron chi connectivity index (χ0n) is 12.1. The van der Waals surface area contributed by atoms with Crippen LogP contribution in [0.15, 0.2) is 42.5 Å². The molecule has 1 aliphatic rings. The summed E-state index contributed by atoms with van der Waals surface area (Å²) in [5.74, 6) is 0.0281. The first-order valence-corrected chi connectivity index (χ1v) is 7.45. The molecule has 0 unspecified atom stereocenters. The van der Waals surface area contributed by atoms with Crippen molar-refractivity contribution in [3.05, 3.63) is 53.1 Å². The van der Waals surface area contributed by atoms with Crippen molar-refractivity contribution >= 4 is 34.6 Å². The standard InChI is InChI=1S/C17H17ClN2O/c1-3-10-20-16-11-12(18)8-9-15(16)19(2)14-7-5-4-6-13(14)17(20)21/h4-9,11H,3,10H2,1-2H3. The first-order valence-electron chi connectivity index (χ1n) is 7.07. The summed E-state index contributed by atoms with van der Waals surface area (Å²) in [6.07, 6.45) is 0.892. The van der Waals surface area contributed by atoms with E-state index in [1.807, 2.05) is 54.4 Å². The van der Waals surface area contributed by atoms with Crippen LogP contribution in [0.4, 0.5) is 17.1 Å². The Morgan fingerprint density at radius 1 is 1.05 bits per heavy atom. The third kappa shape index (κ3) is 2.28. The summed E-state index contributed by atoms with van der Waals surface area (Å²) >= 11 is 6.15. The van der Waals surface area contributed by atoms with Crippen LogP contribution in [0.25, 0.3) is 0 Å². The van der Waals surface area contributed by atoms with Crippen LogP contribution < -0.4 is 9.80 Å². The van der Waals surface area contributed by atoms with E-state index in [2.05, 4.69) is 11.8 Å². The van der Waals surface area contributed by atoms with Crippen molar-refractivity contribution in [1.29, 1.82) is 0 Å². The molecule has 1 aliphatic heterocycles. The molecule has 0 radical (unpaired) electrons. The predicted octanol–water partition coefficient (Wildman–Crippen LogP) is 4.48. The van der Waals surface area contributed by atoms with Gasteiger partial charge >= 0.3 is 0 Å². The van der Waals surface area contributed by atoms with Crippen molar-refractivity contribution in [1.82, 2.24) is 0 Å². The van der Waals surface area contributed by atoms with Gasteiger partial charge in [0, 0.05) is 18.6 Å². The van der Waals surface area contributed by atoms with Crippen LogP contribution in [0.5, 0.6) is 0 Å². The molecule has 1 amide bonds. The number of anilines is 3. The second-order valence-electron chi connectivity index (χ2n) is 5.17. The average molecular weight is 301 g/mol. The van der Waals surface area contributed by atoms with Gasteiger partial charge in [0.15, 0.2) is 0 Å². The Balaban J connectivity index is 2.27. The number of rotatable bonds is 2. The van der Waals surface area contributed by atoms with Gasteiger partial charge in [0.1, 0.15) is 0 Å². The third-order valence-corrected chi connectivity index (χ3v) is 4.01. The zero-order chi connectivity index (χ0) is 15.0. The summed E-state index contributed by atoms with van der Waals surface area (Å²) in [5.41, 5.74) is 3.50. The Labute approximate surface area is 129 Å². The maximum absolute atomic E-state index is 12.9. The van der Waals surface area contributed by atoms with Crippen molar-refractivity contribution < 1.29 is 4.79 Å². The van der Waals surface area contributed by atoms with Crippen molar-refractivity contribution in [3.63, 3.8) is 0 Å². The molecule has 4 heteroatoms. The maximum Gasteiger partial charge on any atom is 0.260 e. The van der Waals surface area contributed by atoms with Crippen LogP contribution >= 0.6 is 11.6 Å². The summed E-state index contributed by atoms with van der Waals surface area (Å²) in [4.78, 5) is 16.8. The van der Waals surface area contributed by atoms with E-state index in [1.54, 1.807) is 0 Å². The van der Waals surface area contributed by atoms with Crippen LogP contribution in [-0.2, 0) is 0 Å². The summed E-state index contributed by atoms with van der Waals surface area (Å²) in [6, 6.07) is 13.4. The van der Waals surface area contributed by atoms with Crippen molar-refractivity contribution in [3.8, 4) is 0 Å². The minimum Gasteiger partial charge on any atom is -0.342 e. The van der Waals surface area contributed by atoms with Crippen LogP contribution in [0.3, 0.4) is 0 Å². The second-order valence-corrected chi connectivity index (χ2v) is 5.60. The molecule has 0 bridgehead atoms. The Morgan fingerprint density at radius 3 is 2.57 bits per heavy atom. The molecule has 0 spiro atoms. The first-order chi connectivity index (χ1) is 10.1. The molecule has 0 N–H and O–H groups in total. The van der Waals surface area contributed by atoms with Crippen LogP contribution in [0.2, 0.25) is 5.02 Å². The van der Waals surface area contributed by atoms with Crippen LogP contribution in [0, 0.1) is 0 Å². The monoisotopic (exact) mass is 300 g/mol. The fourth-order valence-electron chi connectivity index (χ4n) is 2.77. The van der Waals surface area contributed by atoms with E-state index < -0.39 is 0 Å². The predicted molar refractivity (Wildman–Crippen MR) is 87.9 cm³/mol. The van der Waals surface area contributed by atoms with Gasteiger partial charge in [-0.25, -0.2) is 0 Å². The number of halogens is 1. The number of fused-ring (bicyclic) bond motifs is 2. The molecule has 0 saturated carbocycles. The molecule has 2 aromatic rings. The van der Waals surface area contributed by atoms with Gasteiger partial charge < -0.3 is 9.80 Å². The number of benzene rings is 2. The van der Waals surface area contributed by atoms with E-state index in [0.29, 0.717) is 11.6 Å². The molecule has 0 aromatic heterocycles. The first kappa shape index (κ1) is 14.0. The van der Waals surface area contributed by atoms with Crippen molar-refractivity contribution in [2.24, 2.45) is 0 Å². The van der Waals surface area contributed by atoms with Gasteiger partial charge in [0.25, 0.3) is 5.91 Å². The minimum absolute atomic E-state index is 0.0281. The fourth-order valence-corrected chi connectivity index (χ4v) is 2.94. The highest BCUT2D eigenvalue weighted by molar-refractivity contribution is 6.31. The molecule has 108 valence electrons. The molecule has 21 heavy (non-hydrogen) atoms.